The number of carbonyl (C=O) groups is 1. The minimum absolute atomic E-state index is 0.0458. The number of aromatic nitrogens is 4. The lowest BCUT2D eigenvalue weighted by molar-refractivity contribution is -0.124. The van der Waals surface area contributed by atoms with E-state index in [1.54, 1.807) is 0 Å². The Hall–Kier alpha value is -1.66. The first-order chi connectivity index (χ1) is 12.1. The van der Waals surface area contributed by atoms with Gasteiger partial charge in [-0.3, -0.25) is 4.79 Å². The van der Waals surface area contributed by atoms with Crippen LogP contribution in [0.25, 0.3) is 0 Å². The zero-order valence-corrected chi connectivity index (χ0v) is 15.4. The fraction of sp³-hybridized carbons (Fsp3) is 0.889. The van der Waals surface area contributed by atoms with Crippen molar-refractivity contribution in [3.8, 4) is 0 Å². The van der Waals surface area contributed by atoms with Crippen LogP contribution < -0.4 is 10.2 Å². The minimum atomic E-state index is 0.0458. The molecule has 1 amide bonds. The number of carbonyl (C=O) groups excluding carboxylic acids is 1. The Morgan fingerprint density at radius 1 is 1.32 bits per heavy atom. The first-order valence-electron chi connectivity index (χ1n) is 9.87. The first kappa shape index (κ1) is 16.8. The van der Waals surface area contributed by atoms with E-state index in [2.05, 4.69) is 30.4 Å². The van der Waals surface area contributed by atoms with Gasteiger partial charge in [-0.1, -0.05) is 25.4 Å². The highest BCUT2D eigenvalue weighted by Crippen LogP contribution is 2.60. The number of nitrogens with one attached hydrogen (secondary N) is 1. The van der Waals surface area contributed by atoms with Gasteiger partial charge in [0.25, 0.3) is 0 Å². The summed E-state index contributed by atoms with van der Waals surface area (Å²) in [6.07, 6.45) is 8.95. The second-order valence-corrected chi connectivity index (χ2v) is 8.69. The largest absolute Gasteiger partial charge is 0.356 e. The summed E-state index contributed by atoms with van der Waals surface area (Å²) in [6, 6.07) is 0.478. The molecule has 3 fully saturated rings. The van der Waals surface area contributed by atoms with Crippen molar-refractivity contribution < 1.29 is 4.79 Å². The van der Waals surface area contributed by atoms with E-state index in [0.29, 0.717) is 17.4 Å². The Balaban J connectivity index is 1.36. The standard InChI is InChI=1S/C18H30N6O/c1-13(2)16(25)19-11-14-5-3-8-23(12-14)17-20-21-22-24(17)15-9-18(10-15)6-4-7-18/h13-15H,3-12H2,1-2H3,(H,19,25). The van der Waals surface area contributed by atoms with E-state index < -0.39 is 0 Å². The number of hydrogen-bond donors (Lipinski definition) is 1. The molecule has 4 rings (SSSR count). The molecule has 2 heterocycles. The molecule has 1 atom stereocenters. The Labute approximate surface area is 149 Å². The molecule has 1 aromatic heterocycles. The van der Waals surface area contributed by atoms with E-state index in [1.807, 2.05) is 13.8 Å². The summed E-state index contributed by atoms with van der Waals surface area (Å²) in [5.41, 5.74) is 0.624. The molecule has 138 valence electrons. The van der Waals surface area contributed by atoms with Gasteiger partial charge in [0, 0.05) is 25.6 Å². The number of nitrogens with zero attached hydrogens (tertiary/aromatic N) is 5. The van der Waals surface area contributed by atoms with Crippen LogP contribution in [0.15, 0.2) is 0 Å². The SMILES string of the molecule is CC(C)C(=O)NCC1CCCN(c2nnnn2C2CC3(CCC3)C2)C1. The second kappa shape index (κ2) is 6.57. The van der Waals surface area contributed by atoms with Gasteiger partial charge in [0.15, 0.2) is 0 Å². The molecule has 1 aromatic rings. The highest BCUT2D eigenvalue weighted by atomic mass is 16.1. The van der Waals surface area contributed by atoms with Crippen molar-refractivity contribution in [3.63, 3.8) is 0 Å². The van der Waals surface area contributed by atoms with Crippen molar-refractivity contribution in [2.24, 2.45) is 17.3 Å². The van der Waals surface area contributed by atoms with E-state index in [4.69, 9.17) is 0 Å². The molecule has 0 radical (unpaired) electrons. The van der Waals surface area contributed by atoms with Crippen molar-refractivity contribution >= 4 is 11.9 Å². The Morgan fingerprint density at radius 3 is 2.80 bits per heavy atom. The molecule has 0 bridgehead atoms. The normalized spacial score (nSPS) is 25.7. The van der Waals surface area contributed by atoms with Gasteiger partial charge in [-0.05, 0) is 60.3 Å². The van der Waals surface area contributed by atoms with Gasteiger partial charge in [0.1, 0.15) is 0 Å². The van der Waals surface area contributed by atoms with Gasteiger partial charge in [-0.25, -0.2) is 4.68 Å². The lowest BCUT2D eigenvalue weighted by Crippen LogP contribution is -2.46. The van der Waals surface area contributed by atoms with E-state index >= 15 is 0 Å². The number of rotatable bonds is 5. The molecule has 1 saturated heterocycles. The molecule has 1 unspecified atom stereocenters. The zero-order chi connectivity index (χ0) is 17.4. The van der Waals surface area contributed by atoms with Gasteiger partial charge >= 0.3 is 0 Å². The number of hydrogen-bond acceptors (Lipinski definition) is 5. The molecule has 3 aliphatic rings. The van der Waals surface area contributed by atoms with E-state index in [-0.39, 0.29) is 11.8 Å². The van der Waals surface area contributed by atoms with Crippen molar-refractivity contribution in [1.82, 2.24) is 25.5 Å². The van der Waals surface area contributed by atoms with Gasteiger partial charge < -0.3 is 10.2 Å². The maximum absolute atomic E-state index is 11.8. The summed E-state index contributed by atoms with van der Waals surface area (Å²) >= 11 is 0. The molecule has 2 aliphatic carbocycles. The van der Waals surface area contributed by atoms with E-state index in [1.165, 1.54) is 32.1 Å². The summed E-state index contributed by atoms with van der Waals surface area (Å²) in [5.74, 6) is 1.59. The average Bonchev–Trinajstić information content (AvgIpc) is 2.99. The first-order valence-corrected chi connectivity index (χ1v) is 9.87. The molecule has 2 saturated carbocycles. The maximum Gasteiger partial charge on any atom is 0.245 e. The van der Waals surface area contributed by atoms with Gasteiger partial charge in [-0.2, -0.15) is 0 Å². The molecule has 1 N–H and O–H groups in total. The van der Waals surface area contributed by atoms with Crippen LogP contribution in [-0.4, -0.2) is 45.7 Å². The third-order valence-electron chi connectivity index (χ3n) is 6.46. The predicted molar refractivity (Wildman–Crippen MR) is 95.2 cm³/mol. The summed E-state index contributed by atoms with van der Waals surface area (Å²) < 4.78 is 2.07. The smallest absolute Gasteiger partial charge is 0.245 e. The van der Waals surface area contributed by atoms with Crippen LogP contribution in [0.4, 0.5) is 5.95 Å². The lowest BCUT2D eigenvalue weighted by atomic mass is 9.54. The van der Waals surface area contributed by atoms with Gasteiger partial charge in [0.05, 0.1) is 6.04 Å². The van der Waals surface area contributed by atoms with Crippen LogP contribution in [0.3, 0.4) is 0 Å². The van der Waals surface area contributed by atoms with Crippen LogP contribution in [0.1, 0.15) is 64.8 Å². The van der Waals surface area contributed by atoms with Crippen molar-refractivity contribution in [3.05, 3.63) is 0 Å². The quantitative estimate of drug-likeness (QED) is 0.884. The lowest BCUT2D eigenvalue weighted by Gasteiger charge is -2.54. The van der Waals surface area contributed by atoms with Gasteiger partial charge in [0.2, 0.25) is 11.9 Å². The summed E-state index contributed by atoms with van der Waals surface area (Å²) in [4.78, 5) is 14.1. The number of amides is 1. The van der Waals surface area contributed by atoms with Crippen LogP contribution in [-0.2, 0) is 4.79 Å². The van der Waals surface area contributed by atoms with Crippen molar-refractivity contribution in [2.45, 2.75) is 64.8 Å². The van der Waals surface area contributed by atoms with E-state index in [0.717, 1.165) is 38.4 Å². The predicted octanol–water partition coefficient (Wildman–Crippen LogP) is 2.17. The third kappa shape index (κ3) is 3.25. The molecule has 1 spiro atoms. The average molecular weight is 346 g/mol. The molecule has 7 heteroatoms. The van der Waals surface area contributed by atoms with Gasteiger partial charge in [-0.15, -0.1) is 0 Å². The Morgan fingerprint density at radius 2 is 2.12 bits per heavy atom. The van der Waals surface area contributed by atoms with Crippen molar-refractivity contribution in [1.29, 1.82) is 0 Å². The number of piperidine rings is 1. The fourth-order valence-corrected chi connectivity index (χ4v) is 4.69. The fourth-order valence-electron chi connectivity index (χ4n) is 4.69. The number of tetrazole rings is 1. The highest BCUT2D eigenvalue weighted by Gasteiger charge is 2.50. The summed E-state index contributed by atoms with van der Waals surface area (Å²) in [7, 11) is 0. The Kier molecular flexibility index (Phi) is 4.41. The Bertz CT molecular complexity index is 615. The summed E-state index contributed by atoms with van der Waals surface area (Å²) in [5, 5.41) is 15.7. The second-order valence-electron chi connectivity index (χ2n) is 8.69. The zero-order valence-electron chi connectivity index (χ0n) is 15.4. The number of anilines is 1. The highest BCUT2D eigenvalue weighted by molar-refractivity contribution is 5.77. The summed E-state index contributed by atoms with van der Waals surface area (Å²) in [6.45, 7) is 6.55. The minimum Gasteiger partial charge on any atom is -0.356 e. The molecule has 25 heavy (non-hydrogen) atoms. The van der Waals surface area contributed by atoms with Crippen LogP contribution in [0.2, 0.25) is 0 Å². The van der Waals surface area contributed by atoms with Crippen LogP contribution >= 0.6 is 0 Å². The maximum atomic E-state index is 11.8. The topological polar surface area (TPSA) is 75.9 Å². The molecular weight excluding hydrogens is 316 g/mol. The monoisotopic (exact) mass is 346 g/mol. The van der Waals surface area contributed by atoms with E-state index in [9.17, 15) is 4.79 Å². The van der Waals surface area contributed by atoms with Crippen molar-refractivity contribution in [2.75, 3.05) is 24.5 Å². The van der Waals surface area contributed by atoms with Crippen LogP contribution in [0, 0.1) is 17.3 Å². The molecule has 1 aliphatic heterocycles. The molecule has 7 nitrogen and oxygen atoms in total. The third-order valence-corrected chi connectivity index (χ3v) is 6.46. The molecular formula is C18H30N6O. The molecule has 0 aromatic carbocycles. The van der Waals surface area contributed by atoms with Crippen LogP contribution in [0.5, 0.6) is 0 Å².